The summed E-state index contributed by atoms with van der Waals surface area (Å²) in [5.74, 6) is 0.527. The van der Waals surface area contributed by atoms with Crippen LogP contribution in [0.4, 0.5) is 4.39 Å². The van der Waals surface area contributed by atoms with Crippen LogP contribution < -0.4 is 0 Å². The number of halogens is 2. The Balaban J connectivity index is 2.36. The molecule has 2 rings (SSSR count). The minimum Gasteiger partial charge on any atom is -0.325 e. The molecule has 0 radical (unpaired) electrons. The molecule has 1 atom stereocenters. The summed E-state index contributed by atoms with van der Waals surface area (Å²) >= 11 is 6.21. The second-order valence-corrected chi connectivity index (χ2v) is 6.10. The zero-order chi connectivity index (χ0) is 14.9. The van der Waals surface area contributed by atoms with Gasteiger partial charge in [0, 0.05) is 25.2 Å². The van der Waals surface area contributed by atoms with Gasteiger partial charge in [-0.1, -0.05) is 0 Å². The highest BCUT2D eigenvalue weighted by molar-refractivity contribution is 6.20. The van der Waals surface area contributed by atoms with Gasteiger partial charge in [0.2, 0.25) is 0 Å². The van der Waals surface area contributed by atoms with Crippen molar-refractivity contribution in [2.24, 2.45) is 0 Å². The third-order valence-electron chi connectivity index (χ3n) is 3.65. The maximum absolute atomic E-state index is 13.3. The Bertz CT molecular complexity index is 592. The van der Waals surface area contributed by atoms with E-state index in [9.17, 15) is 4.39 Å². The van der Waals surface area contributed by atoms with E-state index in [4.69, 9.17) is 11.6 Å². The first-order valence-electron chi connectivity index (χ1n) is 6.90. The van der Waals surface area contributed by atoms with Crippen molar-refractivity contribution >= 4 is 22.6 Å². The fourth-order valence-electron chi connectivity index (χ4n) is 2.18. The largest absolute Gasteiger partial charge is 0.325 e. The first-order valence-corrected chi connectivity index (χ1v) is 7.33. The second kappa shape index (κ2) is 6.10. The summed E-state index contributed by atoms with van der Waals surface area (Å²) in [5.41, 5.74) is 1.60. The lowest BCUT2D eigenvalue weighted by Crippen LogP contribution is -2.30. The highest BCUT2D eigenvalue weighted by Crippen LogP contribution is 2.25. The van der Waals surface area contributed by atoms with Gasteiger partial charge >= 0.3 is 0 Å². The van der Waals surface area contributed by atoms with E-state index < -0.39 is 0 Å². The predicted octanol–water partition coefficient (Wildman–Crippen LogP) is 3.82. The zero-order valence-electron chi connectivity index (χ0n) is 12.4. The van der Waals surface area contributed by atoms with Crippen molar-refractivity contribution in [3.63, 3.8) is 0 Å². The van der Waals surface area contributed by atoms with E-state index in [0.717, 1.165) is 24.4 Å². The van der Waals surface area contributed by atoms with Crippen LogP contribution in [0, 0.1) is 5.82 Å². The highest BCUT2D eigenvalue weighted by atomic mass is 35.5. The van der Waals surface area contributed by atoms with Gasteiger partial charge in [-0.3, -0.25) is 0 Å². The summed E-state index contributed by atoms with van der Waals surface area (Å²) in [6.07, 6.45) is 0. The van der Waals surface area contributed by atoms with Crippen LogP contribution in [0.15, 0.2) is 18.2 Å². The highest BCUT2D eigenvalue weighted by Gasteiger charge is 2.16. The molecule has 1 heterocycles. The topological polar surface area (TPSA) is 21.1 Å². The van der Waals surface area contributed by atoms with Crippen molar-refractivity contribution in [3.8, 4) is 0 Å². The van der Waals surface area contributed by atoms with Gasteiger partial charge in [-0.25, -0.2) is 9.37 Å². The number of fused-ring (bicyclic) bond motifs is 1. The summed E-state index contributed by atoms with van der Waals surface area (Å²) in [4.78, 5) is 6.73. The molecule has 0 saturated carbocycles. The Labute approximate surface area is 124 Å². The Morgan fingerprint density at radius 2 is 2.05 bits per heavy atom. The Morgan fingerprint density at radius 3 is 2.65 bits per heavy atom. The molecule has 0 saturated heterocycles. The molecule has 1 unspecified atom stereocenters. The Morgan fingerprint density at radius 1 is 1.35 bits per heavy atom. The van der Waals surface area contributed by atoms with Gasteiger partial charge in [0.1, 0.15) is 11.6 Å². The van der Waals surface area contributed by atoms with Crippen molar-refractivity contribution in [1.29, 1.82) is 0 Å². The SMILES string of the molecule is CC(Cl)c1nc2cc(F)ccc2n1CCN(C)C(C)C. The van der Waals surface area contributed by atoms with Gasteiger partial charge < -0.3 is 9.47 Å². The van der Waals surface area contributed by atoms with Gasteiger partial charge in [0.15, 0.2) is 0 Å². The van der Waals surface area contributed by atoms with Crippen LogP contribution in [0.5, 0.6) is 0 Å². The number of imidazole rings is 1. The maximum atomic E-state index is 13.3. The molecule has 5 heteroatoms. The summed E-state index contributed by atoms with van der Waals surface area (Å²) in [6.45, 7) is 7.90. The summed E-state index contributed by atoms with van der Waals surface area (Å²) < 4.78 is 15.4. The van der Waals surface area contributed by atoms with Gasteiger partial charge in [0.25, 0.3) is 0 Å². The van der Waals surface area contributed by atoms with E-state index >= 15 is 0 Å². The minimum absolute atomic E-state index is 0.199. The monoisotopic (exact) mass is 297 g/mol. The minimum atomic E-state index is -0.268. The van der Waals surface area contributed by atoms with Crippen molar-refractivity contribution in [2.75, 3.05) is 13.6 Å². The van der Waals surface area contributed by atoms with E-state index in [-0.39, 0.29) is 11.2 Å². The van der Waals surface area contributed by atoms with E-state index in [1.165, 1.54) is 12.1 Å². The van der Waals surface area contributed by atoms with Gasteiger partial charge in [-0.05, 0) is 40.0 Å². The lowest BCUT2D eigenvalue weighted by molar-refractivity contribution is 0.263. The fraction of sp³-hybridized carbons (Fsp3) is 0.533. The predicted molar refractivity (Wildman–Crippen MR) is 81.7 cm³/mol. The molecular weight excluding hydrogens is 277 g/mol. The standard InChI is InChI=1S/C15H21ClFN3/c1-10(2)19(4)7-8-20-14-6-5-12(17)9-13(14)18-15(20)11(3)16/h5-6,9-11H,7-8H2,1-4H3. The van der Waals surface area contributed by atoms with Gasteiger partial charge in [-0.2, -0.15) is 0 Å². The van der Waals surface area contributed by atoms with Crippen LogP contribution in [0.3, 0.4) is 0 Å². The number of aromatic nitrogens is 2. The molecule has 0 aliphatic heterocycles. The van der Waals surface area contributed by atoms with Gasteiger partial charge in [-0.15, -0.1) is 11.6 Å². The summed E-state index contributed by atoms with van der Waals surface area (Å²) in [7, 11) is 2.09. The third kappa shape index (κ3) is 3.13. The van der Waals surface area contributed by atoms with Crippen molar-refractivity contribution in [1.82, 2.24) is 14.5 Å². The average molecular weight is 298 g/mol. The molecule has 0 spiro atoms. The number of likely N-dealkylation sites (N-methyl/N-ethyl adjacent to an activating group) is 1. The zero-order valence-corrected chi connectivity index (χ0v) is 13.2. The molecule has 2 aromatic rings. The van der Waals surface area contributed by atoms with Crippen LogP contribution in [0.1, 0.15) is 32.0 Å². The number of hydrogen-bond donors (Lipinski definition) is 0. The van der Waals surface area contributed by atoms with Crippen molar-refractivity contribution in [2.45, 2.75) is 38.7 Å². The molecule has 1 aromatic heterocycles. The molecule has 0 bridgehead atoms. The third-order valence-corrected chi connectivity index (χ3v) is 3.85. The van der Waals surface area contributed by atoms with Crippen molar-refractivity contribution < 1.29 is 4.39 Å². The van der Waals surface area contributed by atoms with Crippen molar-refractivity contribution in [3.05, 3.63) is 29.8 Å². The summed E-state index contributed by atoms with van der Waals surface area (Å²) in [6, 6.07) is 5.19. The molecule has 0 fully saturated rings. The van der Waals surface area contributed by atoms with Crippen LogP contribution in [0.25, 0.3) is 11.0 Å². The van der Waals surface area contributed by atoms with Crippen LogP contribution in [0.2, 0.25) is 0 Å². The number of hydrogen-bond acceptors (Lipinski definition) is 2. The molecule has 110 valence electrons. The first kappa shape index (κ1) is 15.3. The molecule has 0 amide bonds. The lowest BCUT2D eigenvalue weighted by atomic mass is 10.3. The number of rotatable bonds is 5. The maximum Gasteiger partial charge on any atom is 0.127 e. The van der Waals surface area contributed by atoms with Gasteiger partial charge in [0.05, 0.1) is 16.4 Å². The Kier molecular flexibility index (Phi) is 4.66. The first-order chi connectivity index (χ1) is 9.40. The molecule has 0 aliphatic rings. The lowest BCUT2D eigenvalue weighted by Gasteiger charge is -2.22. The number of nitrogens with zero attached hydrogens (tertiary/aromatic N) is 3. The number of benzene rings is 1. The average Bonchev–Trinajstić information content (AvgIpc) is 2.73. The summed E-state index contributed by atoms with van der Waals surface area (Å²) in [5, 5.41) is -0.199. The number of alkyl halides is 1. The second-order valence-electron chi connectivity index (χ2n) is 5.45. The molecular formula is C15H21ClFN3. The van der Waals surface area contributed by atoms with E-state index in [1.54, 1.807) is 6.07 Å². The fourth-order valence-corrected chi connectivity index (χ4v) is 2.34. The van der Waals surface area contributed by atoms with E-state index in [2.05, 4.69) is 35.3 Å². The molecule has 3 nitrogen and oxygen atoms in total. The smallest absolute Gasteiger partial charge is 0.127 e. The molecule has 1 aromatic carbocycles. The molecule has 0 aliphatic carbocycles. The molecule has 20 heavy (non-hydrogen) atoms. The van der Waals surface area contributed by atoms with Crippen LogP contribution in [-0.2, 0) is 6.54 Å². The molecule has 0 N–H and O–H groups in total. The Hall–Kier alpha value is -1.13. The van der Waals surface area contributed by atoms with Crippen LogP contribution >= 0.6 is 11.6 Å². The normalized spacial score (nSPS) is 13.6. The van der Waals surface area contributed by atoms with E-state index in [1.807, 2.05) is 6.92 Å². The van der Waals surface area contributed by atoms with E-state index in [0.29, 0.717) is 11.6 Å². The van der Waals surface area contributed by atoms with Crippen LogP contribution in [-0.4, -0.2) is 34.1 Å². The quantitative estimate of drug-likeness (QED) is 0.782.